The maximum absolute atomic E-state index is 12.2. The van der Waals surface area contributed by atoms with E-state index in [-0.39, 0.29) is 17.5 Å². The lowest BCUT2D eigenvalue weighted by Gasteiger charge is -2.23. The molecule has 22 heavy (non-hydrogen) atoms. The van der Waals surface area contributed by atoms with E-state index in [0.717, 1.165) is 5.69 Å². The van der Waals surface area contributed by atoms with E-state index >= 15 is 0 Å². The van der Waals surface area contributed by atoms with Crippen molar-refractivity contribution in [3.8, 4) is 5.75 Å². The minimum Gasteiger partial charge on any atom is -0.479 e. The van der Waals surface area contributed by atoms with Gasteiger partial charge in [-0.2, -0.15) is 5.10 Å². The second kappa shape index (κ2) is 5.45. The largest absolute Gasteiger partial charge is 0.479 e. The summed E-state index contributed by atoms with van der Waals surface area (Å²) in [6, 6.07) is 5.05. The van der Waals surface area contributed by atoms with Crippen molar-refractivity contribution in [1.29, 1.82) is 0 Å². The Labute approximate surface area is 134 Å². The Morgan fingerprint density at radius 2 is 2.23 bits per heavy atom. The second-order valence-electron chi connectivity index (χ2n) is 4.93. The predicted molar refractivity (Wildman–Crippen MR) is 84.1 cm³/mol. The molecule has 1 unspecified atom stereocenters. The Kier molecular flexibility index (Phi) is 3.61. The van der Waals surface area contributed by atoms with Crippen LogP contribution in [0.1, 0.15) is 23.1 Å². The molecule has 2 amide bonds. The van der Waals surface area contributed by atoms with Crippen LogP contribution in [0, 0.1) is 6.92 Å². The highest BCUT2D eigenvalue weighted by molar-refractivity contribution is 9.10. The van der Waals surface area contributed by atoms with Crippen molar-refractivity contribution in [2.75, 3.05) is 10.6 Å². The fourth-order valence-corrected chi connectivity index (χ4v) is 2.40. The molecule has 0 aliphatic carbocycles. The molecular weight excluding hydrogens is 352 g/mol. The predicted octanol–water partition coefficient (Wildman–Crippen LogP) is 2.45. The zero-order valence-corrected chi connectivity index (χ0v) is 13.4. The van der Waals surface area contributed by atoms with Gasteiger partial charge < -0.3 is 15.4 Å². The van der Waals surface area contributed by atoms with Crippen LogP contribution in [0.3, 0.4) is 0 Å². The van der Waals surface area contributed by atoms with Gasteiger partial charge in [-0.15, -0.1) is 0 Å². The summed E-state index contributed by atoms with van der Waals surface area (Å²) in [5.41, 5.74) is 2.10. The minimum atomic E-state index is -0.532. The number of carbonyl (C=O) groups is 2. The summed E-state index contributed by atoms with van der Waals surface area (Å²) in [5.74, 6) is -0.00358. The summed E-state index contributed by atoms with van der Waals surface area (Å²) in [5, 5.41) is 12.1. The first-order valence-electron chi connectivity index (χ1n) is 6.59. The van der Waals surface area contributed by atoms with Crippen molar-refractivity contribution >= 4 is 39.1 Å². The molecule has 3 rings (SSSR count). The molecule has 0 radical (unpaired) electrons. The van der Waals surface area contributed by atoms with Gasteiger partial charge in [-0.05, 0) is 48.0 Å². The molecule has 1 atom stereocenters. The summed E-state index contributed by atoms with van der Waals surface area (Å²) in [7, 11) is 0. The number of H-pyrrole nitrogens is 1. The van der Waals surface area contributed by atoms with Crippen molar-refractivity contribution in [2.24, 2.45) is 0 Å². The van der Waals surface area contributed by atoms with E-state index in [9.17, 15) is 9.59 Å². The molecule has 1 aliphatic rings. The number of halogens is 1. The average Bonchev–Trinajstić information content (AvgIpc) is 2.80. The molecule has 0 saturated heterocycles. The average molecular weight is 365 g/mol. The highest BCUT2D eigenvalue weighted by Gasteiger charge is 2.24. The number of benzene rings is 1. The molecule has 1 aromatic carbocycles. The number of carbonyl (C=O) groups excluding carboxylic acids is 2. The zero-order valence-electron chi connectivity index (χ0n) is 11.9. The molecule has 2 aromatic rings. The molecule has 0 bridgehead atoms. The summed E-state index contributed by atoms with van der Waals surface area (Å²) in [4.78, 5) is 23.8. The lowest BCUT2D eigenvalue weighted by Crippen LogP contribution is -2.34. The summed E-state index contributed by atoms with van der Waals surface area (Å²) >= 11 is 3.31. The van der Waals surface area contributed by atoms with E-state index in [4.69, 9.17) is 4.74 Å². The van der Waals surface area contributed by atoms with Crippen LogP contribution in [0.5, 0.6) is 5.75 Å². The third kappa shape index (κ3) is 2.57. The number of anilines is 2. The van der Waals surface area contributed by atoms with E-state index in [1.807, 2.05) is 0 Å². The fourth-order valence-electron chi connectivity index (χ4n) is 2.04. The smallest absolute Gasteiger partial charge is 0.277 e. The summed E-state index contributed by atoms with van der Waals surface area (Å²) < 4.78 is 6.08. The van der Waals surface area contributed by atoms with Gasteiger partial charge >= 0.3 is 0 Å². The van der Waals surface area contributed by atoms with Crippen LogP contribution in [0.2, 0.25) is 0 Å². The molecular formula is C14H13BrN4O3. The van der Waals surface area contributed by atoms with Gasteiger partial charge in [0.2, 0.25) is 0 Å². The Morgan fingerprint density at radius 3 is 2.91 bits per heavy atom. The molecule has 1 aromatic heterocycles. The number of hydrogen-bond donors (Lipinski definition) is 3. The monoisotopic (exact) mass is 364 g/mol. The van der Waals surface area contributed by atoms with Crippen LogP contribution in [0.15, 0.2) is 22.7 Å². The first-order chi connectivity index (χ1) is 10.5. The van der Waals surface area contributed by atoms with Crippen LogP contribution in [-0.4, -0.2) is 28.1 Å². The van der Waals surface area contributed by atoms with Gasteiger partial charge in [-0.25, -0.2) is 0 Å². The molecule has 0 fully saturated rings. The Morgan fingerprint density at radius 1 is 1.45 bits per heavy atom. The van der Waals surface area contributed by atoms with Gasteiger partial charge in [0.25, 0.3) is 11.8 Å². The van der Waals surface area contributed by atoms with E-state index < -0.39 is 6.10 Å². The lowest BCUT2D eigenvalue weighted by molar-refractivity contribution is -0.122. The highest BCUT2D eigenvalue weighted by Crippen LogP contribution is 2.32. The van der Waals surface area contributed by atoms with Gasteiger partial charge in [0.05, 0.1) is 10.2 Å². The third-order valence-corrected chi connectivity index (χ3v) is 4.23. The molecule has 2 heterocycles. The zero-order chi connectivity index (χ0) is 15.9. The van der Waals surface area contributed by atoms with Gasteiger partial charge in [0.15, 0.2) is 11.8 Å². The van der Waals surface area contributed by atoms with E-state index in [0.29, 0.717) is 21.6 Å². The van der Waals surface area contributed by atoms with Crippen LogP contribution >= 0.6 is 15.9 Å². The van der Waals surface area contributed by atoms with Crippen LogP contribution < -0.4 is 15.4 Å². The molecule has 3 N–H and O–H groups in total. The van der Waals surface area contributed by atoms with E-state index in [1.165, 1.54) is 0 Å². The van der Waals surface area contributed by atoms with E-state index in [1.54, 1.807) is 32.0 Å². The highest BCUT2D eigenvalue weighted by atomic mass is 79.9. The van der Waals surface area contributed by atoms with Crippen molar-refractivity contribution < 1.29 is 14.3 Å². The van der Waals surface area contributed by atoms with Crippen LogP contribution in [-0.2, 0) is 4.79 Å². The number of nitrogens with one attached hydrogen (secondary N) is 3. The molecule has 114 valence electrons. The van der Waals surface area contributed by atoms with Gasteiger partial charge in [-0.3, -0.25) is 14.7 Å². The number of nitrogens with zero attached hydrogens (tertiary/aromatic N) is 1. The SMILES string of the molecule is Cc1[nH]nc(C(=O)Nc2ccc3c(c2)NC(=O)C(C)O3)c1Br. The first kappa shape index (κ1) is 14.6. The Balaban J connectivity index is 1.82. The number of aromatic nitrogens is 2. The van der Waals surface area contributed by atoms with Gasteiger partial charge in [0.1, 0.15) is 5.75 Å². The van der Waals surface area contributed by atoms with Crippen molar-refractivity contribution in [3.05, 3.63) is 34.1 Å². The topological polar surface area (TPSA) is 96.1 Å². The van der Waals surface area contributed by atoms with Gasteiger partial charge in [0, 0.05) is 11.4 Å². The Hall–Kier alpha value is -2.35. The number of aryl methyl sites for hydroxylation is 1. The summed E-state index contributed by atoms with van der Waals surface area (Å²) in [6.07, 6.45) is -0.532. The maximum atomic E-state index is 12.2. The second-order valence-corrected chi connectivity index (χ2v) is 5.72. The number of amides is 2. The lowest BCUT2D eigenvalue weighted by atomic mass is 10.2. The molecule has 8 heteroatoms. The van der Waals surface area contributed by atoms with Gasteiger partial charge in [-0.1, -0.05) is 0 Å². The third-order valence-electron chi connectivity index (χ3n) is 3.26. The Bertz CT molecular complexity index is 771. The molecule has 1 aliphatic heterocycles. The number of ether oxygens (including phenoxy) is 1. The number of rotatable bonds is 2. The molecule has 0 spiro atoms. The maximum Gasteiger partial charge on any atom is 0.277 e. The quantitative estimate of drug-likeness (QED) is 0.762. The summed E-state index contributed by atoms with van der Waals surface area (Å²) in [6.45, 7) is 3.48. The fraction of sp³-hybridized carbons (Fsp3) is 0.214. The molecule has 7 nitrogen and oxygen atoms in total. The molecule has 0 saturated carbocycles. The van der Waals surface area contributed by atoms with Crippen molar-refractivity contribution in [2.45, 2.75) is 20.0 Å². The van der Waals surface area contributed by atoms with Crippen LogP contribution in [0.4, 0.5) is 11.4 Å². The number of fused-ring (bicyclic) bond motifs is 1. The number of hydrogen-bond acceptors (Lipinski definition) is 4. The van der Waals surface area contributed by atoms with E-state index in [2.05, 4.69) is 36.8 Å². The normalized spacial score (nSPS) is 16.5. The van der Waals surface area contributed by atoms with Crippen LogP contribution in [0.25, 0.3) is 0 Å². The van der Waals surface area contributed by atoms with Crippen molar-refractivity contribution in [1.82, 2.24) is 10.2 Å². The van der Waals surface area contributed by atoms with Crippen molar-refractivity contribution in [3.63, 3.8) is 0 Å². The minimum absolute atomic E-state index is 0.221. The first-order valence-corrected chi connectivity index (χ1v) is 7.38. The standard InChI is InChI=1S/C14H13BrN4O3/c1-6-11(15)12(19-18-6)14(21)16-8-3-4-10-9(5-8)17-13(20)7(2)22-10/h3-5,7H,1-2H3,(H,16,21)(H,17,20)(H,18,19). The number of aromatic amines is 1.